The van der Waals surface area contributed by atoms with Crippen LogP contribution in [0.3, 0.4) is 0 Å². The number of aliphatic carboxylic acids is 1. The van der Waals surface area contributed by atoms with Gasteiger partial charge in [-0.3, -0.25) is 14.3 Å². The molecule has 0 spiro atoms. The lowest BCUT2D eigenvalue weighted by Crippen LogP contribution is -2.48. The topological polar surface area (TPSA) is 75.4 Å². The normalized spacial score (nSPS) is 22.3. The predicted molar refractivity (Wildman–Crippen MR) is 78.2 cm³/mol. The lowest BCUT2D eigenvalue weighted by atomic mass is 9.82. The van der Waals surface area contributed by atoms with Gasteiger partial charge >= 0.3 is 5.97 Å². The van der Waals surface area contributed by atoms with Gasteiger partial charge in [0.15, 0.2) is 0 Å². The average Bonchev–Trinajstić information content (AvgIpc) is 2.89. The second kappa shape index (κ2) is 5.87. The zero-order valence-corrected chi connectivity index (χ0v) is 12.9. The van der Waals surface area contributed by atoms with E-state index in [9.17, 15) is 14.7 Å². The minimum Gasteiger partial charge on any atom is -0.481 e. The summed E-state index contributed by atoms with van der Waals surface area (Å²) >= 11 is 0. The van der Waals surface area contributed by atoms with E-state index in [1.807, 2.05) is 19.9 Å². The van der Waals surface area contributed by atoms with Crippen molar-refractivity contribution in [2.75, 3.05) is 13.1 Å². The third-order valence-corrected chi connectivity index (χ3v) is 4.21. The van der Waals surface area contributed by atoms with Crippen LogP contribution in [0.5, 0.6) is 0 Å². The maximum absolute atomic E-state index is 12.7. The molecule has 1 aliphatic heterocycles. The summed E-state index contributed by atoms with van der Waals surface area (Å²) in [6.45, 7) is 7.16. The zero-order chi connectivity index (χ0) is 15.6. The Morgan fingerprint density at radius 3 is 2.71 bits per heavy atom. The number of aryl methyl sites for hydroxylation is 2. The molecule has 1 amide bonds. The lowest BCUT2D eigenvalue weighted by Gasteiger charge is -2.37. The highest BCUT2D eigenvalue weighted by Gasteiger charge is 2.40. The van der Waals surface area contributed by atoms with Gasteiger partial charge in [0, 0.05) is 19.6 Å². The summed E-state index contributed by atoms with van der Waals surface area (Å²) in [7, 11) is 0. The van der Waals surface area contributed by atoms with Gasteiger partial charge in [0.05, 0.1) is 11.1 Å². The van der Waals surface area contributed by atoms with Crippen LogP contribution in [-0.2, 0) is 17.8 Å². The molecule has 1 aromatic heterocycles. The van der Waals surface area contributed by atoms with Crippen molar-refractivity contribution < 1.29 is 14.7 Å². The number of nitrogens with zero attached hydrogens (tertiary/aromatic N) is 3. The molecule has 2 heterocycles. The quantitative estimate of drug-likeness (QED) is 0.918. The molecule has 6 nitrogen and oxygen atoms in total. The van der Waals surface area contributed by atoms with Gasteiger partial charge in [0.25, 0.3) is 5.91 Å². The molecule has 1 aromatic rings. The fourth-order valence-electron chi connectivity index (χ4n) is 2.81. The maximum atomic E-state index is 12.7. The summed E-state index contributed by atoms with van der Waals surface area (Å²) in [5.74, 6) is -0.950. The Morgan fingerprint density at radius 1 is 1.43 bits per heavy atom. The van der Waals surface area contributed by atoms with E-state index < -0.39 is 11.4 Å². The van der Waals surface area contributed by atoms with Crippen molar-refractivity contribution in [2.45, 2.75) is 46.6 Å². The van der Waals surface area contributed by atoms with Crippen molar-refractivity contribution in [1.82, 2.24) is 14.7 Å². The highest BCUT2D eigenvalue weighted by Crippen LogP contribution is 2.30. The predicted octanol–water partition coefficient (Wildman–Crippen LogP) is 1.79. The van der Waals surface area contributed by atoms with Crippen LogP contribution in [0.25, 0.3) is 0 Å². The number of hydrogen-bond acceptors (Lipinski definition) is 3. The number of carboxylic acid groups (broad SMARTS) is 1. The molecule has 0 bridgehead atoms. The third-order valence-electron chi connectivity index (χ3n) is 4.21. The van der Waals surface area contributed by atoms with E-state index in [0.29, 0.717) is 25.2 Å². The first-order valence-electron chi connectivity index (χ1n) is 7.50. The minimum atomic E-state index is -0.849. The molecule has 0 aromatic carbocycles. The van der Waals surface area contributed by atoms with Crippen LogP contribution in [-0.4, -0.2) is 44.8 Å². The van der Waals surface area contributed by atoms with Crippen molar-refractivity contribution in [3.63, 3.8) is 0 Å². The first-order chi connectivity index (χ1) is 9.91. The second-order valence-corrected chi connectivity index (χ2v) is 5.89. The number of carbonyl (C=O) groups excluding carboxylic acids is 1. The Morgan fingerprint density at radius 2 is 2.14 bits per heavy atom. The molecule has 0 aliphatic carbocycles. The fraction of sp³-hybridized carbons (Fsp3) is 0.667. The molecule has 0 radical (unpaired) electrons. The molecule has 116 valence electrons. The summed E-state index contributed by atoms with van der Waals surface area (Å²) in [6.07, 6.45) is 2.11. The molecule has 1 atom stereocenters. The molecule has 6 heteroatoms. The van der Waals surface area contributed by atoms with Crippen LogP contribution in [0.2, 0.25) is 0 Å². The van der Waals surface area contributed by atoms with E-state index >= 15 is 0 Å². The first kappa shape index (κ1) is 15.5. The molecular formula is C15H23N3O3. The van der Waals surface area contributed by atoms with Crippen LogP contribution in [0, 0.1) is 5.41 Å². The van der Waals surface area contributed by atoms with Gasteiger partial charge in [0.2, 0.25) is 0 Å². The smallest absolute Gasteiger partial charge is 0.311 e. The molecule has 2 rings (SSSR count). The number of amides is 1. The van der Waals surface area contributed by atoms with E-state index in [4.69, 9.17) is 0 Å². The van der Waals surface area contributed by atoms with Crippen molar-refractivity contribution in [1.29, 1.82) is 0 Å². The standard InChI is InChI=1S/C15H23N3O3/c1-4-11-9-12(18(5-2)16-11)13(19)17-8-6-7-15(3,10-17)14(20)21/h9H,4-8,10H2,1-3H3,(H,20,21). The highest BCUT2D eigenvalue weighted by molar-refractivity contribution is 5.93. The van der Waals surface area contributed by atoms with Crippen LogP contribution in [0.15, 0.2) is 6.07 Å². The summed E-state index contributed by atoms with van der Waals surface area (Å²) < 4.78 is 1.70. The number of hydrogen-bond donors (Lipinski definition) is 1. The van der Waals surface area contributed by atoms with Gasteiger partial charge in [-0.1, -0.05) is 6.92 Å². The summed E-state index contributed by atoms with van der Waals surface area (Å²) in [5, 5.41) is 13.7. The largest absolute Gasteiger partial charge is 0.481 e. The SMILES string of the molecule is CCc1cc(C(=O)N2CCCC(C)(C(=O)O)C2)n(CC)n1. The lowest BCUT2D eigenvalue weighted by molar-refractivity contribution is -0.150. The number of carboxylic acids is 1. The zero-order valence-electron chi connectivity index (χ0n) is 12.9. The van der Waals surface area contributed by atoms with E-state index in [1.165, 1.54) is 0 Å². The van der Waals surface area contributed by atoms with Crippen molar-refractivity contribution in [3.05, 3.63) is 17.5 Å². The molecule has 21 heavy (non-hydrogen) atoms. The van der Waals surface area contributed by atoms with Gasteiger partial charge < -0.3 is 10.0 Å². The molecule has 1 unspecified atom stereocenters. The Balaban J connectivity index is 2.23. The van der Waals surface area contributed by atoms with Gasteiger partial charge in [-0.15, -0.1) is 0 Å². The number of piperidine rings is 1. The van der Waals surface area contributed by atoms with Gasteiger partial charge in [-0.2, -0.15) is 5.10 Å². The van der Waals surface area contributed by atoms with Crippen LogP contribution < -0.4 is 0 Å². The summed E-state index contributed by atoms with van der Waals surface area (Å²) in [4.78, 5) is 25.7. The van der Waals surface area contributed by atoms with E-state index in [1.54, 1.807) is 16.5 Å². The van der Waals surface area contributed by atoms with E-state index in [-0.39, 0.29) is 12.5 Å². The molecular weight excluding hydrogens is 270 g/mol. The molecule has 1 aliphatic rings. The first-order valence-corrected chi connectivity index (χ1v) is 7.50. The highest BCUT2D eigenvalue weighted by atomic mass is 16.4. The third kappa shape index (κ3) is 2.94. The number of likely N-dealkylation sites (tertiary alicyclic amines) is 1. The Labute approximate surface area is 124 Å². The molecule has 1 fully saturated rings. The van der Waals surface area contributed by atoms with Crippen LogP contribution in [0.1, 0.15) is 49.8 Å². The number of aromatic nitrogens is 2. The van der Waals surface area contributed by atoms with Crippen LogP contribution in [0.4, 0.5) is 0 Å². The Hall–Kier alpha value is -1.85. The van der Waals surface area contributed by atoms with E-state index in [0.717, 1.165) is 18.5 Å². The molecule has 1 saturated heterocycles. The minimum absolute atomic E-state index is 0.115. The van der Waals surface area contributed by atoms with Gasteiger partial charge in [0.1, 0.15) is 5.69 Å². The Kier molecular flexibility index (Phi) is 4.34. The average molecular weight is 293 g/mol. The maximum Gasteiger partial charge on any atom is 0.311 e. The van der Waals surface area contributed by atoms with Gasteiger partial charge in [-0.05, 0) is 39.2 Å². The number of carbonyl (C=O) groups is 2. The van der Waals surface area contributed by atoms with Gasteiger partial charge in [-0.25, -0.2) is 0 Å². The van der Waals surface area contributed by atoms with E-state index in [2.05, 4.69) is 5.10 Å². The molecule has 0 saturated carbocycles. The summed E-state index contributed by atoms with van der Waals surface area (Å²) in [5.41, 5.74) is 0.598. The number of rotatable bonds is 4. The fourth-order valence-corrected chi connectivity index (χ4v) is 2.81. The molecule has 1 N–H and O–H groups in total. The van der Waals surface area contributed by atoms with Crippen LogP contribution >= 0.6 is 0 Å². The van der Waals surface area contributed by atoms with Crippen molar-refractivity contribution >= 4 is 11.9 Å². The van der Waals surface area contributed by atoms with Crippen molar-refractivity contribution in [2.24, 2.45) is 5.41 Å². The second-order valence-electron chi connectivity index (χ2n) is 5.89. The van der Waals surface area contributed by atoms with Crippen molar-refractivity contribution in [3.8, 4) is 0 Å². The summed E-state index contributed by atoms with van der Waals surface area (Å²) in [6, 6.07) is 1.82. The monoisotopic (exact) mass is 293 g/mol. The Bertz CT molecular complexity index is 552.